The highest BCUT2D eigenvalue weighted by atomic mass is 16.5. The van der Waals surface area contributed by atoms with Crippen LogP contribution in [0.25, 0.3) is 0 Å². The van der Waals surface area contributed by atoms with Gasteiger partial charge in [-0.2, -0.15) is 0 Å². The van der Waals surface area contributed by atoms with Crippen molar-refractivity contribution in [1.29, 1.82) is 0 Å². The third-order valence-electron chi connectivity index (χ3n) is 4.28. The maximum absolute atomic E-state index is 12.3. The first-order valence-corrected chi connectivity index (χ1v) is 7.80. The first-order chi connectivity index (χ1) is 9.93. The van der Waals surface area contributed by atoms with Gasteiger partial charge in [-0.3, -0.25) is 4.79 Å². The van der Waals surface area contributed by atoms with Crippen molar-refractivity contribution in [3.8, 4) is 0 Å². The summed E-state index contributed by atoms with van der Waals surface area (Å²) >= 11 is 0. The van der Waals surface area contributed by atoms with Crippen LogP contribution < -0.4 is 0 Å². The molecule has 0 saturated carbocycles. The van der Waals surface area contributed by atoms with Crippen molar-refractivity contribution in [3.05, 3.63) is 35.9 Å². The summed E-state index contributed by atoms with van der Waals surface area (Å²) in [6.45, 7) is 7.65. The Kier molecular flexibility index (Phi) is 5.04. The van der Waals surface area contributed by atoms with Gasteiger partial charge in [-0.25, -0.2) is 0 Å². The molecule has 1 unspecified atom stereocenters. The number of benzene rings is 1. The summed E-state index contributed by atoms with van der Waals surface area (Å²) in [5.41, 5.74) is 0.952. The molecule has 0 aliphatic carbocycles. The van der Waals surface area contributed by atoms with Crippen molar-refractivity contribution < 1.29 is 9.53 Å². The van der Waals surface area contributed by atoms with E-state index in [-0.39, 0.29) is 17.4 Å². The lowest BCUT2D eigenvalue weighted by atomic mass is 9.86. The molecule has 2 rings (SSSR count). The molecule has 1 fully saturated rings. The molecule has 1 amide bonds. The van der Waals surface area contributed by atoms with Crippen LogP contribution >= 0.6 is 0 Å². The lowest BCUT2D eigenvalue weighted by Crippen LogP contribution is -2.45. The number of ether oxygens (including phenoxy) is 1. The number of hydrogen-bond acceptors (Lipinski definition) is 2. The minimum Gasteiger partial charge on any atom is -0.376 e. The zero-order chi connectivity index (χ0) is 15.5. The third-order valence-corrected chi connectivity index (χ3v) is 4.28. The Balaban J connectivity index is 1.98. The van der Waals surface area contributed by atoms with E-state index in [1.807, 2.05) is 31.7 Å². The first kappa shape index (κ1) is 16.0. The third kappa shape index (κ3) is 3.85. The minimum atomic E-state index is -0.285. The van der Waals surface area contributed by atoms with Crippen LogP contribution in [-0.4, -0.2) is 31.0 Å². The maximum atomic E-state index is 12.3. The number of rotatable bonds is 3. The van der Waals surface area contributed by atoms with Crippen LogP contribution in [0, 0.1) is 11.3 Å². The fourth-order valence-corrected chi connectivity index (χ4v) is 3.12. The summed E-state index contributed by atoms with van der Waals surface area (Å²) in [6, 6.07) is 10.4. The Morgan fingerprint density at radius 2 is 1.76 bits per heavy atom. The van der Waals surface area contributed by atoms with Crippen LogP contribution in [0.5, 0.6) is 0 Å². The lowest BCUT2D eigenvalue weighted by Gasteiger charge is -2.38. The van der Waals surface area contributed by atoms with Crippen LogP contribution in [0.3, 0.4) is 0 Å². The van der Waals surface area contributed by atoms with Crippen molar-refractivity contribution in [2.45, 2.75) is 39.7 Å². The average Bonchev–Trinajstić information content (AvgIpc) is 2.48. The Hall–Kier alpha value is -1.35. The van der Waals surface area contributed by atoms with E-state index in [1.165, 1.54) is 5.56 Å². The zero-order valence-electron chi connectivity index (χ0n) is 13.6. The topological polar surface area (TPSA) is 29.5 Å². The van der Waals surface area contributed by atoms with Crippen LogP contribution in [-0.2, 0) is 9.53 Å². The molecule has 0 radical (unpaired) electrons. The second-order valence-corrected chi connectivity index (χ2v) is 6.95. The molecular weight excluding hydrogens is 262 g/mol. The number of amides is 1. The van der Waals surface area contributed by atoms with Gasteiger partial charge in [0.2, 0.25) is 5.91 Å². The number of nitrogens with zero attached hydrogens (tertiary/aromatic N) is 1. The van der Waals surface area contributed by atoms with Gasteiger partial charge in [0, 0.05) is 25.6 Å². The van der Waals surface area contributed by atoms with E-state index in [9.17, 15) is 4.79 Å². The minimum absolute atomic E-state index is 0.137. The Labute approximate surface area is 128 Å². The second kappa shape index (κ2) is 6.61. The van der Waals surface area contributed by atoms with Gasteiger partial charge in [-0.05, 0) is 24.3 Å². The Bertz CT molecular complexity index is 456. The standard InChI is InChI=1S/C18H27NO2/c1-18(2,3)17(20)19-12-10-15(11-13-19)16(21-4)14-8-6-5-7-9-14/h5-9,15-16H,10-13H2,1-4H3. The molecule has 0 bridgehead atoms. The summed E-state index contributed by atoms with van der Waals surface area (Å²) in [5.74, 6) is 0.746. The second-order valence-electron chi connectivity index (χ2n) is 6.95. The van der Waals surface area contributed by atoms with Gasteiger partial charge in [0.1, 0.15) is 0 Å². The molecule has 1 saturated heterocycles. The number of carbonyl (C=O) groups excluding carboxylic acids is 1. The summed E-state index contributed by atoms with van der Waals surface area (Å²) < 4.78 is 5.74. The molecule has 0 spiro atoms. The molecule has 21 heavy (non-hydrogen) atoms. The quantitative estimate of drug-likeness (QED) is 0.850. The van der Waals surface area contributed by atoms with Crippen LogP contribution in [0.1, 0.15) is 45.3 Å². The van der Waals surface area contributed by atoms with E-state index in [2.05, 4.69) is 24.3 Å². The summed E-state index contributed by atoms with van der Waals surface area (Å²) in [4.78, 5) is 14.3. The number of piperidine rings is 1. The molecule has 1 aliphatic heterocycles. The van der Waals surface area contributed by atoms with Crippen molar-refractivity contribution in [2.24, 2.45) is 11.3 Å². The fraction of sp³-hybridized carbons (Fsp3) is 0.611. The van der Waals surface area contributed by atoms with Gasteiger partial charge >= 0.3 is 0 Å². The van der Waals surface area contributed by atoms with E-state index in [0.29, 0.717) is 5.92 Å². The molecule has 116 valence electrons. The summed E-state index contributed by atoms with van der Waals surface area (Å²) in [5, 5.41) is 0. The number of likely N-dealkylation sites (tertiary alicyclic amines) is 1. The highest BCUT2D eigenvalue weighted by molar-refractivity contribution is 5.81. The Morgan fingerprint density at radius 1 is 1.19 bits per heavy atom. The van der Waals surface area contributed by atoms with Gasteiger partial charge in [-0.15, -0.1) is 0 Å². The number of carbonyl (C=O) groups is 1. The number of hydrogen-bond donors (Lipinski definition) is 0. The first-order valence-electron chi connectivity index (χ1n) is 7.80. The molecule has 1 atom stereocenters. The summed E-state index contributed by atoms with van der Waals surface area (Å²) in [7, 11) is 1.78. The van der Waals surface area contributed by atoms with E-state index < -0.39 is 0 Å². The highest BCUT2D eigenvalue weighted by Crippen LogP contribution is 2.34. The molecule has 0 aromatic heterocycles. The molecular formula is C18H27NO2. The largest absolute Gasteiger partial charge is 0.376 e. The Morgan fingerprint density at radius 3 is 2.24 bits per heavy atom. The van der Waals surface area contributed by atoms with Crippen molar-refractivity contribution in [2.75, 3.05) is 20.2 Å². The molecule has 3 nitrogen and oxygen atoms in total. The normalized spacial score (nSPS) is 18.6. The van der Waals surface area contributed by atoms with Crippen molar-refractivity contribution in [3.63, 3.8) is 0 Å². The van der Waals surface area contributed by atoms with Crippen LogP contribution in [0.2, 0.25) is 0 Å². The van der Waals surface area contributed by atoms with E-state index in [0.717, 1.165) is 25.9 Å². The average molecular weight is 289 g/mol. The van der Waals surface area contributed by atoms with E-state index in [4.69, 9.17) is 4.74 Å². The predicted octanol–water partition coefficient (Wildman–Crippen LogP) is 3.66. The SMILES string of the molecule is COC(c1ccccc1)C1CCN(C(=O)C(C)(C)C)CC1. The van der Waals surface area contributed by atoms with Gasteiger partial charge in [-0.1, -0.05) is 51.1 Å². The van der Waals surface area contributed by atoms with E-state index in [1.54, 1.807) is 7.11 Å². The molecule has 3 heteroatoms. The molecule has 1 aliphatic rings. The number of methoxy groups -OCH3 is 1. The molecule has 0 N–H and O–H groups in total. The highest BCUT2D eigenvalue weighted by Gasteiger charge is 2.33. The van der Waals surface area contributed by atoms with Gasteiger partial charge < -0.3 is 9.64 Å². The van der Waals surface area contributed by atoms with Crippen LogP contribution in [0.15, 0.2) is 30.3 Å². The van der Waals surface area contributed by atoms with Gasteiger partial charge in [0.05, 0.1) is 6.10 Å². The van der Waals surface area contributed by atoms with Crippen LogP contribution in [0.4, 0.5) is 0 Å². The lowest BCUT2D eigenvalue weighted by molar-refractivity contribution is -0.141. The predicted molar refractivity (Wildman–Crippen MR) is 85.0 cm³/mol. The monoisotopic (exact) mass is 289 g/mol. The maximum Gasteiger partial charge on any atom is 0.227 e. The fourth-order valence-electron chi connectivity index (χ4n) is 3.12. The molecule has 1 aromatic carbocycles. The summed E-state index contributed by atoms with van der Waals surface area (Å²) in [6.07, 6.45) is 2.16. The van der Waals surface area contributed by atoms with Crippen molar-refractivity contribution in [1.82, 2.24) is 4.90 Å². The van der Waals surface area contributed by atoms with E-state index >= 15 is 0 Å². The zero-order valence-corrected chi connectivity index (χ0v) is 13.6. The van der Waals surface area contributed by atoms with Crippen molar-refractivity contribution >= 4 is 5.91 Å². The molecule has 1 aromatic rings. The van der Waals surface area contributed by atoms with Gasteiger partial charge in [0.15, 0.2) is 0 Å². The molecule has 1 heterocycles. The van der Waals surface area contributed by atoms with Gasteiger partial charge in [0.25, 0.3) is 0 Å². The smallest absolute Gasteiger partial charge is 0.227 e.